The highest BCUT2D eigenvalue weighted by Gasteiger charge is 2.32. The van der Waals surface area contributed by atoms with Crippen LogP contribution >= 0.6 is 11.6 Å². The number of anilines is 1. The summed E-state index contributed by atoms with van der Waals surface area (Å²) in [5.74, 6) is -1.05. The highest BCUT2D eigenvalue weighted by molar-refractivity contribution is 6.29. The van der Waals surface area contributed by atoms with Gasteiger partial charge < -0.3 is 24.8 Å². The molecule has 0 radical (unpaired) electrons. The van der Waals surface area contributed by atoms with E-state index >= 15 is 0 Å². The molecule has 0 fully saturated rings. The average molecular weight is 712 g/mol. The van der Waals surface area contributed by atoms with Gasteiger partial charge in [-0.15, -0.1) is 0 Å². The maximum absolute atomic E-state index is 13.1. The number of methoxy groups -OCH3 is 1. The Morgan fingerprint density at radius 2 is 1.72 bits per heavy atom. The number of ether oxygens (including phenoxy) is 3. The lowest BCUT2D eigenvalue weighted by Crippen LogP contribution is -2.52. The van der Waals surface area contributed by atoms with Crippen LogP contribution in [0, 0.1) is 5.41 Å². The van der Waals surface area contributed by atoms with Crippen molar-refractivity contribution in [2.24, 2.45) is 5.41 Å². The Morgan fingerprint density at radius 3 is 2.32 bits per heavy atom. The highest BCUT2D eigenvalue weighted by Crippen LogP contribution is 2.21. The second kappa shape index (κ2) is 22.9. The second-order valence-corrected chi connectivity index (χ2v) is 12.9. The fraction of sp³-hybridized carbons (Fsp3) is 0.436. The maximum Gasteiger partial charge on any atom is 0.414 e. The van der Waals surface area contributed by atoms with Gasteiger partial charge in [0.15, 0.2) is 5.76 Å². The number of esters is 1. The number of nitrogens with one attached hydrogen (secondary N) is 2. The number of benzene rings is 1. The number of carbonyl (C=O) groups excluding carboxylic acids is 4. The number of carbonyl (C=O) groups is 4. The molecule has 0 aliphatic carbocycles. The Morgan fingerprint density at radius 1 is 1.06 bits per heavy atom. The van der Waals surface area contributed by atoms with E-state index in [9.17, 15) is 19.2 Å². The van der Waals surface area contributed by atoms with E-state index in [1.165, 1.54) is 24.3 Å². The summed E-state index contributed by atoms with van der Waals surface area (Å²) in [5, 5.41) is 6.09. The van der Waals surface area contributed by atoms with E-state index in [0.29, 0.717) is 36.4 Å². The van der Waals surface area contributed by atoms with Crippen LogP contribution in [0.5, 0.6) is 0 Å². The van der Waals surface area contributed by atoms with Crippen molar-refractivity contribution in [3.05, 3.63) is 102 Å². The van der Waals surface area contributed by atoms with Crippen LogP contribution in [0.2, 0.25) is 0 Å². The molecular formula is C39H54ClN3O7. The van der Waals surface area contributed by atoms with Crippen molar-refractivity contribution in [1.29, 1.82) is 0 Å². The molecule has 0 spiro atoms. The van der Waals surface area contributed by atoms with Crippen LogP contribution in [-0.2, 0) is 28.6 Å². The molecule has 274 valence electrons. The third-order valence-corrected chi connectivity index (χ3v) is 7.34. The number of cyclic esters (lactones) is 1. The lowest BCUT2D eigenvalue weighted by Gasteiger charge is -2.29. The van der Waals surface area contributed by atoms with Crippen molar-refractivity contribution < 1.29 is 33.4 Å². The van der Waals surface area contributed by atoms with E-state index < -0.39 is 35.5 Å². The molecule has 2 N–H and O–H groups in total. The smallest absolute Gasteiger partial charge is 0.414 e. The molecule has 0 saturated carbocycles. The quantitative estimate of drug-likeness (QED) is 0.107. The number of amides is 3. The fourth-order valence-corrected chi connectivity index (χ4v) is 4.49. The topological polar surface area (TPSA) is 123 Å². The number of hydrogen-bond acceptors (Lipinski definition) is 7. The zero-order chi connectivity index (χ0) is 37.7. The van der Waals surface area contributed by atoms with Gasteiger partial charge in [0.2, 0.25) is 11.8 Å². The molecule has 3 atom stereocenters. The SMILES string of the molecule is CC.COC1=CCC(C/C=C(C)/C=C\C=C/C(=O)NC(C(=O)N/C=C\CC(C/C=C(\C)Cl)OC(=O)N(C)c2ccccc2)C(C)(C)C)OC1=O. The van der Waals surface area contributed by atoms with Crippen LogP contribution in [0.4, 0.5) is 10.5 Å². The van der Waals surface area contributed by atoms with Crippen LogP contribution in [-0.4, -0.2) is 56.3 Å². The zero-order valence-electron chi connectivity index (χ0n) is 30.8. The Balaban J connectivity index is 0.00000613. The zero-order valence-corrected chi connectivity index (χ0v) is 31.6. The standard InChI is InChI=1S/C37H48ClN3O7.C2H6/c1-26(19-21-30-23-24-31(46-7)35(44)47-30)14-11-12-18-32(42)40-33(37(3,4)5)34(43)39-25-13-17-29(22-20-27(2)38)48-36(45)41(6)28-15-9-8-10-16-28;1-2/h8-16,18-20,24-25,29-30,33H,17,21-23H2,1-7H3,(H,39,43)(H,40,42);1-2H3/b14-11-,18-12-,25-13-,26-19+,27-20+;. The van der Waals surface area contributed by atoms with Gasteiger partial charge in [-0.1, -0.05) is 106 Å². The Kier molecular flexibility index (Phi) is 19.9. The van der Waals surface area contributed by atoms with Crippen LogP contribution in [0.1, 0.15) is 74.1 Å². The molecule has 1 heterocycles. The molecule has 1 aromatic rings. The molecular weight excluding hydrogens is 658 g/mol. The summed E-state index contributed by atoms with van der Waals surface area (Å²) in [6, 6.07) is 8.32. The number of rotatable bonds is 15. The number of nitrogens with zero attached hydrogens (tertiary/aromatic N) is 1. The summed E-state index contributed by atoms with van der Waals surface area (Å²) < 4.78 is 16.0. The fourth-order valence-electron chi connectivity index (χ4n) is 4.40. The van der Waals surface area contributed by atoms with Gasteiger partial charge in [0.25, 0.3) is 0 Å². The number of halogens is 1. The van der Waals surface area contributed by atoms with Crippen molar-refractivity contribution >= 4 is 41.2 Å². The molecule has 2 rings (SSSR count). The van der Waals surface area contributed by atoms with E-state index in [0.717, 1.165) is 5.57 Å². The molecule has 3 amide bonds. The summed E-state index contributed by atoms with van der Waals surface area (Å²) in [7, 11) is 3.07. The predicted molar refractivity (Wildman–Crippen MR) is 200 cm³/mol. The molecule has 0 bridgehead atoms. The first kappa shape index (κ1) is 43.5. The Hall–Kier alpha value is -4.57. The van der Waals surface area contributed by atoms with Gasteiger partial charge in [-0.05, 0) is 43.7 Å². The molecule has 3 unspecified atom stereocenters. The van der Waals surface area contributed by atoms with E-state index in [2.05, 4.69) is 10.6 Å². The third kappa shape index (κ3) is 16.7. The minimum Gasteiger partial charge on any atom is -0.490 e. The minimum absolute atomic E-state index is 0.223. The molecule has 1 aliphatic heterocycles. The lowest BCUT2D eigenvalue weighted by molar-refractivity contribution is -0.149. The van der Waals surface area contributed by atoms with Gasteiger partial charge >= 0.3 is 12.1 Å². The van der Waals surface area contributed by atoms with Crippen LogP contribution in [0.15, 0.2) is 102 Å². The van der Waals surface area contributed by atoms with Crippen LogP contribution in [0.3, 0.4) is 0 Å². The van der Waals surface area contributed by atoms with Gasteiger partial charge in [0.05, 0.1) is 7.11 Å². The Labute approximate surface area is 302 Å². The van der Waals surface area contributed by atoms with Crippen molar-refractivity contribution in [2.45, 2.75) is 92.4 Å². The van der Waals surface area contributed by atoms with Gasteiger partial charge in [0, 0.05) is 49.5 Å². The van der Waals surface area contributed by atoms with E-state index in [1.54, 1.807) is 44.4 Å². The van der Waals surface area contributed by atoms with Gasteiger partial charge in [-0.3, -0.25) is 14.5 Å². The first-order chi connectivity index (χ1) is 23.7. The van der Waals surface area contributed by atoms with Gasteiger partial charge in [0.1, 0.15) is 18.2 Å². The molecule has 50 heavy (non-hydrogen) atoms. The van der Waals surface area contributed by atoms with Crippen LogP contribution < -0.4 is 15.5 Å². The Bertz CT molecular complexity index is 1430. The molecule has 0 aromatic heterocycles. The van der Waals surface area contributed by atoms with Crippen LogP contribution in [0.25, 0.3) is 0 Å². The van der Waals surface area contributed by atoms with Crippen molar-refractivity contribution in [3.63, 3.8) is 0 Å². The number of para-hydroxylation sites is 1. The van der Waals surface area contributed by atoms with E-state index in [-0.39, 0.29) is 17.8 Å². The highest BCUT2D eigenvalue weighted by atomic mass is 35.5. The molecule has 10 nitrogen and oxygen atoms in total. The van der Waals surface area contributed by atoms with Gasteiger partial charge in [-0.25, -0.2) is 9.59 Å². The number of allylic oxidation sites excluding steroid dienone is 5. The number of hydrogen-bond donors (Lipinski definition) is 2. The summed E-state index contributed by atoms with van der Waals surface area (Å²) >= 11 is 6.02. The third-order valence-electron chi connectivity index (χ3n) is 7.19. The van der Waals surface area contributed by atoms with Crippen molar-refractivity contribution in [1.82, 2.24) is 10.6 Å². The summed E-state index contributed by atoms with van der Waals surface area (Å²) in [6.45, 7) is 13.2. The van der Waals surface area contributed by atoms with Crippen molar-refractivity contribution in [2.75, 3.05) is 19.1 Å². The van der Waals surface area contributed by atoms with E-state index in [1.807, 2.05) is 84.0 Å². The molecule has 11 heteroatoms. The molecule has 0 saturated heterocycles. The normalized spacial score (nSPS) is 16.6. The summed E-state index contributed by atoms with van der Waals surface area (Å²) in [4.78, 5) is 51.8. The maximum atomic E-state index is 13.1. The molecule has 1 aliphatic rings. The first-order valence-corrected chi connectivity index (χ1v) is 17.1. The monoisotopic (exact) mass is 711 g/mol. The average Bonchev–Trinajstić information content (AvgIpc) is 3.09. The minimum atomic E-state index is -0.828. The lowest BCUT2D eigenvalue weighted by atomic mass is 9.86. The van der Waals surface area contributed by atoms with E-state index in [4.69, 9.17) is 25.8 Å². The van der Waals surface area contributed by atoms with Crippen molar-refractivity contribution in [3.8, 4) is 0 Å². The summed E-state index contributed by atoms with van der Waals surface area (Å²) in [5.41, 5.74) is 1.05. The summed E-state index contributed by atoms with van der Waals surface area (Å²) in [6.07, 6.45) is 15.7. The first-order valence-electron chi connectivity index (χ1n) is 16.8. The second-order valence-electron chi connectivity index (χ2n) is 12.3. The largest absolute Gasteiger partial charge is 0.490 e. The predicted octanol–water partition coefficient (Wildman–Crippen LogP) is 8.03. The van der Waals surface area contributed by atoms with Gasteiger partial charge in [-0.2, -0.15) is 0 Å². The molecule has 1 aromatic carbocycles.